The molecule has 5 heavy (non-hydrogen) atoms. The first-order valence-corrected chi connectivity index (χ1v) is 3.93. The molecule has 0 heterocycles. The van der Waals surface area contributed by atoms with Crippen molar-refractivity contribution in [1.82, 2.24) is 1.08 Å². The molecule has 0 rings (SSSR count). The Morgan fingerprint density at radius 3 is 2.20 bits per heavy atom. The standard InChI is InChI=1S/C2H5N.U.V/c1-2-3;;/h2H2,1H3;;. The Morgan fingerprint density at radius 2 is 2.20 bits per heavy atom. The molecule has 3 heteroatoms. The summed E-state index contributed by atoms with van der Waals surface area (Å²) in [6.45, 7) is 3.34. The van der Waals surface area contributed by atoms with Crippen LogP contribution in [0.25, 0.3) is 0 Å². The van der Waals surface area contributed by atoms with Crippen molar-refractivity contribution in [2.24, 2.45) is 0 Å². The Labute approximate surface area is 61.4 Å². The van der Waals surface area contributed by atoms with Crippen molar-refractivity contribution in [2.75, 3.05) is 6.54 Å². The van der Waals surface area contributed by atoms with Crippen LogP contribution in [-0.4, -0.2) is 7.63 Å². The van der Waals surface area contributed by atoms with Crippen LogP contribution < -0.4 is 0 Å². The van der Waals surface area contributed by atoms with E-state index in [-0.39, 0.29) is 0 Å². The number of hydrogen-bond donors (Lipinski definition) is 0. The normalized spacial score (nSPS) is 9.60. The molecule has 0 aromatic carbocycles. The van der Waals surface area contributed by atoms with E-state index in [4.69, 9.17) is 0 Å². The van der Waals surface area contributed by atoms with Crippen LogP contribution in [0.1, 0.15) is 6.92 Å². The molecule has 27 valence electrons. The summed E-state index contributed by atoms with van der Waals surface area (Å²) in [6.07, 6.45) is 0. The summed E-state index contributed by atoms with van der Waals surface area (Å²) >= 11 is 3.51. The van der Waals surface area contributed by atoms with Crippen LogP contribution in [0.2, 0.25) is 0 Å². The zero-order valence-corrected chi connectivity index (χ0v) is 8.66. The van der Waals surface area contributed by atoms with Gasteiger partial charge in [-0.1, -0.05) is 0 Å². The van der Waals surface area contributed by atoms with Crippen molar-refractivity contribution >= 4 is 0 Å². The van der Waals surface area contributed by atoms with Gasteiger partial charge in [-0.15, -0.1) is 0 Å². The van der Waals surface area contributed by atoms with Gasteiger partial charge in [0.05, 0.1) is 0 Å². The average molecular weight is 332 g/mol. The molecule has 0 saturated carbocycles. The first kappa shape index (κ1) is 6.60. The summed E-state index contributed by atoms with van der Waals surface area (Å²) in [5.41, 5.74) is 0. The monoisotopic (exact) mass is 332 g/mol. The van der Waals surface area contributed by atoms with Crippen LogP contribution in [0.15, 0.2) is 0 Å². The molecule has 0 saturated heterocycles. The summed E-state index contributed by atoms with van der Waals surface area (Å²) in [7, 11) is 0. The van der Waals surface area contributed by atoms with Gasteiger partial charge in [-0.3, -0.25) is 0 Å². The van der Waals surface area contributed by atoms with Gasteiger partial charge < -0.3 is 0 Å². The van der Waals surface area contributed by atoms with Crippen LogP contribution in [0, 0.1) is 29.7 Å². The molecule has 0 fully saturated rings. The molecule has 1 nitrogen and oxygen atoms in total. The molecule has 0 aromatic rings. The van der Waals surface area contributed by atoms with E-state index < -0.39 is 0 Å². The molecular weight excluding hydrogens is 327 g/mol. The third-order valence-corrected chi connectivity index (χ3v) is 2.06. The van der Waals surface area contributed by atoms with Crippen LogP contribution in [0.5, 0.6) is 0 Å². The van der Waals surface area contributed by atoms with Crippen molar-refractivity contribution in [3.8, 4) is 0 Å². The van der Waals surface area contributed by atoms with Gasteiger partial charge in [0.15, 0.2) is 0 Å². The second-order valence-corrected chi connectivity index (χ2v) is 6.22. The first-order valence-electron chi connectivity index (χ1n) is 1.45. The number of nitrogens with zero attached hydrogens (tertiary/aromatic N) is 1. The van der Waals surface area contributed by atoms with Crippen LogP contribution in [-0.2, 0) is 17.7 Å². The van der Waals surface area contributed by atoms with Crippen molar-refractivity contribution < 1.29 is 47.4 Å². The van der Waals surface area contributed by atoms with Gasteiger partial charge in [-0.05, 0) is 0 Å². The van der Waals surface area contributed by atoms with Crippen LogP contribution in [0.3, 0.4) is 0 Å². The van der Waals surface area contributed by atoms with E-state index in [1.165, 1.54) is 6.54 Å². The first-order chi connectivity index (χ1) is 2.27. The molecule has 0 aromatic heterocycles. The molecule has 0 unspecified atom stereocenters. The van der Waals surface area contributed by atoms with Gasteiger partial charge in [0.25, 0.3) is 0 Å². The van der Waals surface area contributed by atoms with Crippen LogP contribution in [0.4, 0.5) is 0 Å². The average Bonchev–Trinajstić information content (AvgIpc) is 1.38. The van der Waals surface area contributed by atoms with Crippen molar-refractivity contribution in [1.29, 1.82) is 0 Å². The fourth-order valence-corrected chi connectivity index (χ4v) is 0. The third-order valence-electron chi connectivity index (χ3n) is 0.300. The minimum absolute atomic E-state index is 0.994. The number of hydrogen-bond acceptors (Lipinski definition) is 1. The van der Waals surface area contributed by atoms with E-state index in [1.807, 2.05) is 0 Å². The van der Waals surface area contributed by atoms with E-state index in [9.17, 15) is 0 Å². The van der Waals surface area contributed by atoms with Gasteiger partial charge >= 0.3 is 62.0 Å². The Morgan fingerprint density at radius 1 is 2.00 bits per heavy atom. The molecule has 0 amide bonds. The summed E-state index contributed by atoms with van der Waals surface area (Å²) in [5, 5.41) is 0. The second kappa shape index (κ2) is 3.78. The summed E-state index contributed by atoms with van der Waals surface area (Å²) in [6, 6.07) is 0. The summed E-state index contributed by atoms with van der Waals surface area (Å²) < 4.78 is 2.23. The predicted octanol–water partition coefficient (Wildman–Crippen LogP) is 0.234. The Hall–Kier alpha value is 1.60. The van der Waals surface area contributed by atoms with Gasteiger partial charge in [-0.25, -0.2) is 0 Å². The summed E-state index contributed by atoms with van der Waals surface area (Å²) in [4.78, 5) is 0. The van der Waals surface area contributed by atoms with Gasteiger partial charge in [-0.2, -0.15) is 0 Å². The molecular formula is C2H5NUV. The Bertz CT molecular complexity index is 23.6. The maximum absolute atomic E-state index is 2.51. The van der Waals surface area contributed by atoms with Crippen molar-refractivity contribution in [3.63, 3.8) is 0 Å². The van der Waals surface area contributed by atoms with Crippen molar-refractivity contribution in [2.45, 2.75) is 6.92 Å². The molecule has 0 N–H and O–H groups in total. The molecule has 0 aliphatic heterocycles. The SMILES string of the molecule is CC[N]([V])[U]. The van der Waals surface area contributed by atoms with Gasteiger partial charge in [0.1, 0.15) is 0 Å². The van der Waals surface area contributed by atoms with E-state index in [1.54, 1.807) is 0 Å². The van der Waals surface area contributed by atoms with Gasteiger partial charge in [0.2, 0.25) is 0 Å². The molecule has 0 spiro atoms. The maximum atomic E-state index is 2.51. The third kappa shape index (κ3) is 5.60. The van der Waals surface area contributed by atoms with E-state index in [0.29, 0.717) is 0 Å². The fourth-order valence-electron chi connectivity index (χ4n) is 0. The molecule has 0 radical (unpaired) electrons. The van der Waals surface area contributed by atoms with E-state index in [2.05, 4.69) is 25.7 Å². The zero-order chi connectivity index (χ0) is 4.28. The molecule has 0 aliphatic rings. The van der Waals surface area contributed by atoms with Crippen molar-refractivity contribution in [3.05, 3.63) is 0 Å². The Balaban J connectivity index is 2.54. The van der Waals surface area contributed by atoms with E-state index in [0.717, 1.165) is 29.7 Å². The summed E-state index contributed by atoms with van der Waals surface area (Å²) in [5.74, 6) is 0. The molecule has 0 aliphatic carbocycles. The van der Waals surface area contributed by atoms with E-state index >= 15 is 0 Å². The molecule has 0 bridgehead atoms. The number of rotatable bonds is 1. The zero-order valence-electron chi connectivity index (χ0n) is 3.10. The quantitative estimate of drug-likeness (QED) is 0.665. The predicted molar refractivity (Wildman–Crippen MR) is 12.4 cm³/mol. The second-order valence-electron chi connectivity index (χ2n) is 0.716. The Kier molecular flexibility index (Phi) is 4.98. The molecule has 0 atom stereocenters. The van der Waals surface area contributed by atoms with Crippen LogP contribution >= 0.6 is 0 Å². The van der Waals surface area contributed by atoms with Gasteiger partial charge in [0, 0.05) is 0 Å². The topological polar surface area (TPSA) is 3.24 Å². The fraction of sp³-hybridized carbons (Fsp3) is 1.00. The minimum atomic E-state index is 0.994.